The maximum atomic E-state index is 5.83. The van der Waals surface area contributed by atoms with Crippen molar-refractivity contribution in [2.45, 2.75) is 0 Å². The van der Waals surface area contributed by atoms with Crippen LogP contribution >= 0.6 is 11.6 Å². The molecule has 0 atom stereocenters. The Morgan fingerprint density at radius 3 is 2.18 bits per heavy atom. The van der Waals surface area contributed by atoms with Gasteiger partial charge in [-0.2, -0.15) is 5.10 Å². The van der Waals surface area contributed by atoms with E-state index in [2.05, 4.69) is 10.5 Å². The number of anilines is 1. The van der Waals surface area contributed by atoms with E-state index in [1.165, 1.54) is 0 Å². The smallest absolute Gasteiger partial charge is 0.203 e. The predicted molar refractivity (Wildman–Crippen MR) is 88.8 cm³/mol. The van der Waals surface area contributed by atoms with E-state index in [-0.39, 0.29) is 0 Å². The van der Waals surface area contributed by atoms with Crippen LogP contribution in [0.25, 0.3) is 0 Å². The second-order valence-electron chi connectivity index (χ2n) is 4.30. The second kappa shape index (κ2) is 7.56. The summed E-state index contributed by atoms with van der Waals surface area (Å²) in [6, 6.07) is 10.9. The molecule has 0 fully saturated rings. The molecule has 0 aliphatic rings. The molecule has 6 heteroatoms. The molecule has 2 aromatic rings. The summed E-state index contributed by atoms with van der Waals surface area (Å²) >= 11 is 5.83. The fraction of sp³-hybridized carbons (Fsp3) is 0.188. The minimum atomic E-state index is 0.528. The number of benzene rings is 2. The number of methoxy groups -OCH3 is 3. The summed E-state index contributed by atoms with van der Waals surface area (Å²) in [4.78, 5) is 0. The first-order valence-electron chi connectivity index (χ1n) is 6.53. The van der Waals surface area contributed by atoms with Crippen molar-refractivity contribution in [1.82, 2.24) is 0 Å². The van der Waals surface area contributed by atoms with Gasteiger partial charge in [-0.3, -0.25) is 5.43 Å². The minimum Gasteiger partial charge on any atom is -0.493 e. The van der Waals surface area contributed by atoms with Crippen molar-refractivity contribution in [2.75, 3.05) is 26.8 Å². The Bertz CT molecular complexity index is 657. The van der Waals surface area contributed by atoms with Crippen LogP contribution in [-0.2, 0) is 0 Å². The van der Waals surface area contributed by atoms with Gasteiger partial charge in [0.2, 0.25) is 5.75 Å². The molecule has 5 nitrogen and oxygen atoms in total. The van der Waals surface area contributed by atoms with E-state index in [0.717, 1.165) is 11.3 Å². The number of nitrogens with one attached hydrogen (secondary N) is 1. The number of halogens is 1. The molecule has 1 N–H and O–H groups in total. The first-order chi connectivity index (χ1) is 10.7. The molecule has 22 heavy (non-hydrogen) atoms. The van der Waals surface area contributed by atoms with Crippen LogP contribution < -0.4 is 19.6 Å². The number of nitrogens with zero attached hydrogens (tertiary/aromatic N) is 1. The molecule has 0 unspecified atom stereocenters. The van der Waals surface area contributed by atoms with E-state index in [1.54, 1.807) is 45.7 Å². The lowest BCUT2D eigenvalue weighted by molar-refractivity contribution is 0.324. The van der Waals surface area contributed by atoms with Gasteiger partial charge >= 0.3 is 0 Å². The number of hydrogen-bond donors (Lipinski definition) is 1. The monoisotopic (exact) mass is 320 g/mol. The van der Waals surface area contributed by atoms with Crippen LogP contribution in [-0.4, -0.2) is 27.5 Å². The maximum Gasteiger partial charge on any atom is 0.203 e. The van der Waals surface area contributed by atoms with Gasteiger partial charge in [-0.05, 0) is 36.4 Å². The Balaban J connectivity index is 2.21. The van der Waals surface area contributed by atoms with E-state index >= 15 is 0 Å². The lowest BCUT2D eigenvalue weighted by Gasteiger charge is -2.13. The van der Waals surface area contributed by atoms with Crippen LogP contribution in [0.3, 0.4) is 0 Å². The molecule has 116 valence electrons. The quantitative estimate of drug-likeness (QED) is 0.649. The third-order valence-electron chi connectivity index (χ3n) is 2.98. The van der Waals surface area contributed by atoms with Crippen molar-refractivity contribution in [1.29, 1.82) is 0 Å². The summed E-state index contributed by atoms with van der Waals surface area (Å²) in [5.41, 5.74) is 4.52. The van der Waals surface area contributed by atoms with Crippen molar-refractivity contribution in [3.8, 4) is 17.2 Å². The summed E-state index contributed by atoms with van der Waals surface area (Å²) in [5.74, 6) is 1.69. The molecule has 0 aromatic heterocycles. The molecule has 0 radical (unpaired) electrons. The standard InChI is InChI=1S/C16H17ClN2O3/c1-20-14-9-4-11(15(21-2)16(14)22-3)10-18-19-13-7-5-12(17)6-8-13/h4-10,19H,1-3H3. The summed E-state index contributed by atoms with van der Waals surface area (Å²) in [6.45, 7) is 0. The Hall–Kier alpha value is -2.40. The Kier molecular flexibility index (Phi) is 5.49. The Morgan fingerprint density at radius 1 is 0.909 bits per heavy atom. The highest BCUT2D eigenvalue weighted by atomic mass is 35.5. The number of hydrogen-bond acceptors (Lipinski definition) is 5. The van der Waals surface area contributed by atoms with Crippen molar-refractivity contribution >= 4 is 23.5 Å². The van der Waals surface area contributed by atoms with Crippen LogP contribution in [0.4, 0.5) is 5.69 Å². The van der Waals surface area contributed by atoms with E-state index in [4.69, 9.17) is 25.8 Å². The summed E-state index contributed by atoms with van der Waals surface area (Å²) in [5, 5.41) is 4.86. The van der Waals surface area contributed by atoms with Crippen molar-refractivity contribution < 1.29 is 14.2 Å². The molecule has 2 rings (SSSR count). The molecule has 0 amide bonds. The van der Waals surface area contributed by atoms with E-state index < -0.39 is 0 Å². The van der Waals surface area contributed by atoms with E-state index in [9.17, 15) is 0 Å². The van der Waals surface area contributed by atoms with Crippen molar-refractivity contribution in [3.63, 3.8) is 0 Å². The third kappa shape index (κ3) is 3.62. The topological polar surface area (TPSA) is 52.1 Å². The molecule has 0 bridgehead atoms. The molecule has 0 aliphatic heterocycles. The van der Waals surface area contributed by atoms with E-state index in [1.807, 2.05) is 18.2 Å². The maximum absolute atomic E-state index is 5.83. The highest BCUT2D eigenvalue weighted by Crippen LogP contribution is 2.38. The largest absolute Gasteiger partial charge is 0.493 e. The van der Waals surface area contributed by atoms with Gasteiger partial charge in [0.05, 0.1) is 33.2 Å². The first kappa shape index (κ1) is 16.0. The average Bonchev–Trinajstić information content (AvgIpc) is 2.55. The second-order valence-corrected chi connectivity index (χ2v) is 4.74. The zero-order chi connectivity index (χ0) is 15.9. The van der Waals surface area contributed by atoms with Crippen molar-refractivity contribution in [3.05, 3.63) is 47.0 Å². The molecule has 0 heterocycles. The normalized spacial score (nSPS) is 10.5. The Labute approximate surface area is 134 Å². The Morgan fingerprint density at radius 2 is 1.59 bits per heavy atom. The van der Waals surface area contributed by atoms with Crippen LogP contribution in [0.15, 0.2) is 41.5 Å². The van der Waals surface area contributed by atoms with Crippen LogP contribution in [0, 0.1) is 0 Å². The zero-order valence-electron chi connectivity index (χ0n) is 12.6. The molecular weight excluding hydrogens is 304 g/mol. The van der Waals surface area contributed by atoms with Crippen molar-refractivity contribution in [2.24, 2.45) is 5.10 Å². The van der Waals surface area contributed by atoms with Gasteiger partial charge in [-0.15, -0.1) is 0 Å². The molecule has 0 saturated carbocycles. The van der Waals surface area contributed by atoms with Gasteiger partial charge < -0.3 is 14.2 Å². The summed E-state index contributed by atoms with van der Waals surface area (Å²) in [7, 11) is 4.71. The van der Waals surface area contributed by atoms with Gasteiger partial charge in [-0.1, -0.05) is 11.6 Å². The molecule has 2 aromatic carbocycles. The van der Waals surface area contributed by atoms with Crippen LogP contribution in [0.2, 0.25) is 5.02 Å². The first-order valence-corrected chi connectivity index (χ1v) is 6.91. The predicted octanol–water partition coefficient (Wildman–Crippen LogP) is 3.81. The zero-order valence-corrected chi connectivity index (χ0v) is 13.3. The lowest BCUT2D eigenvalue weighted by atomic mass is 10.2. The highest BCUT2D eigenvalue weighted by molar-refractivity contribution is 6.30. The summed E-state index contributed by atoms with van der Waals surface area (Å²) < 4.78 is 16.0. The molecule has 0 saturated heterocycles. The van der Waals surface area contributed by atoms with E-state index in [0.29, 0.717) is 22.3 Å². The van der Waals surface area contributed by atoms with Gasteiger partial charge in [0.15, 0.2) is 11.5 Å². The number of rotatable bonds is 6. The molecule has 0 aliphatic carbocycles. The van der Waals surface area contributed by atoms with Gasteiger partial charge in [-0.25, -0.2) is 0 Å². The summed E-state index contributed by atoms with van der Waals surface area (Å²) in [6.07, 6.45) is 1.65. The van der Waals surface area contributed by atoms with Crippen LogP contribution in [0.5, 0.6) is 17.2 Å². The number of hydrazone groups is 1. The SMILES string of the molecule is COc1ccc(C=NNc2ccc(Cl)cc2)c(OC)c1OC. The minimum absolute atomic E-state index is 0.528. The molecule has 0 spiro atoms. The lowest BCUT2D eigenvalue weighted by Crippen LogP contribution is -1.99. The highest BCUT2D eigenvalue weighted by Gasteiger charge is 2.14. The van der Waals surface area contributed by atoms with Gasteiger partial charge in [0.25, 0.3) is 0 Å². The third-order valence-corrected chi connectivity index (χ3v) is 3.23. The van der Waals surface area contributed by atoms with Gasteiger partial charge in [0.1, 0.15) is 0 Å². The fourth-order valence-electron chi connectivity index (χ4n) is 1.93. The fourth-order valence-corrected chi connectivity index (χ4v) is 2.05. The van der Waals surface area contributed by atoms with Crippen LogP contribution in [0.1, 0.15) is 5.56 Å². The average molecular weight is 321 g/mol. The van der Waals surface area contributed by atoms with Gasteiger partial charge in [0, 0.05) is 10.6 Å². The number of ether oxygens (including phenoxy) is 3. The molecular formula is C16H17ClN2O3.